The minimum absolute atomic E-state index is 0.0956. The van der Waals surface area contributed by atoms with Crippen molar-refractivity contribution in [1.82, 2.24) is 10.3 Å². The van der Waals surface area contributed by atoms with Gasteiger partial charge in [0.25, 0.3) is 5.91 Å². The van der Waals surface area contributed by atoms with Crippen LogP contribution >= 0.6 is 0 Å². The lowest BCUT2D eigenvalue weighted by molar-refractivity contribution is 0.0954. The van der Waals surface area contributed by atoms with E-state index in [1.807, 2.05) is 25.1 Å². The molecular weight excluding hydrogens is 242 g/mol. The molecule has 2 rings (SSSR count). The number of amides is 1. The molecule has 4 N–H and O–H groups in total. The first-order valence-electron chi connectivity index (χ1n) is 6.32. The van der Waals surface area contributed by atoms with Crippen molar-refractivity contribution in [2.24, 2.45) is 5.73 Å². The number of rotatable bonds is 5. The molecule has 0 aliphatic rings. The lowest BCUT2D eigenvalue weighted by Gasteiger charge is -2.07. The van der Waals surface area contributed by atoms with Crippen molar-refractivity contribution in [3.8, 4) is 5.75 Å². The summed E-state index contributed by atoms with van der Waals surface area (Å²) in [5.74, 6) is 0.604. The third-order valence-electron chi connectivity index (χ3n) is 3.09. The van der Waals surface area contributed by atoms with Crippen molar-refractivity contribution in [1.29, 1.82) is 0 Å². The normalized spacial score (nSPS) is 10.7. The Kier molecular flexibility index (Phi) is 4.06. The number of aromatic amines is 1. The zero-order valence-corrected chi connectivity index (χ0v) is 11.2. The molecule has 102 valence electrons. The van der Waals surface area contributed by atoms with Crippen LogP contribution in [0, 0.1) is 6.92 Å². The molecule has 2 aromatic rings. The highest BCUT2D eigenvalue weighted by Crippen LogP contribution is 2.30. The SMILES string of the molecule is COc1cccc2[nH]c(C)c(C(=O)NCCCN)c12. The van der Waals surface area contributed by atoms with Crippen LogP contribution in [-0.2, 0) is 0 Å². The molecule has 0 spiro atoms. The summed E-state index contributed by atoms with van der Waals surface area (Å²) in [6.07, 6.45) is 0.768. The molecule has 1 aromatic carbocycles. The Hall–Kier alpha value is -2.01. The second-order valence-electron chi connectivity index (χ2n) is 4.41. The van der Waals surface area contributed by atoms with E-state index in [4.69, 9.17) is 10.5 Å². The monoisotopic (exact) mass is 261 g/mol. The Labute approximate surface area is 112 Å². The van der Waals surface area contributed by atoms with Gasteiger partial charge < -0.3 is 20.8 Å². The standard InChI is InChI=1S/C14H19N3O2/c1-9-12(14(18)16-8-4-7-15)13-10(17-9)5-3-6-11(13)19-2/h3,5-6,17H,4,7-8,15H2,1-2H3,(H,16,18). The number of benzene rings is 1. The number of carbonyl (C=O) groups is 1. The summed E-state index contributed by atoms with van der Waals surface area (Å²) < 4.78 is 5.34. The number of fused-ring (bicyclic) bond motifs is 1. The largest absolute Gasteiger partial charge is 0.496 e. The fourth-order valence-corrected chi connectivity index (χ4v) is 2.19. The van der Waals surface area contributed by atoms with Crippen LogP contribution in [0.4, 0.5) is 0 Å². The lowest BCUT2D eigenvalue weighted by Crippen LogP contribution is -2.26. The number of aryl methyl sites for hydroxylation is 1. The predicted octanol–water partition coefficient (Wildman–Crippen LogP) is 1.56. The first kappa shape index (κ1) is 13.4. The highest BCUT2D eigenvalue weighted by Gasteiger charge is 2.18. The number of methoxy groups -OCH3 is 1. The van der Waals surface area contributed by atoms with Crippen molar-refractivity contribution in [2.45, 2.75) is 13.3 Å². The van der Waals surface area contributed by atoms with Gasteiger partial charge in [-0.1, -0.05) is 6.07 Å². The fraction of sp³-hybridized carbons (Fsp3) is 0.357. The van der Waals surface area contributed by atoms with Crippen LogP contribution in [0.5, 0.6) is 5.75 Å². The summed E-state index contributed by atoms with van der Waals surface area (Å²) in [7, 11) is 1.60. The second-order valence-corrected chi connectivity index (χ2v) is 4.41. The molecule has 0 fully saturated rings. The van der Waals surface area contributed by atoms with E-state index in [-0.39, 0.29) is 5.91 Å². The number of H-pyrrole nitrogens is 1. The molecule has 1 aromatic heterocycles. The maximum atomic E-state index is 12.3. The molecule has 19 heavy (non-hydrogen) atoms. The summed E-state index contributed by atoms with van der Waals surface area (Å²) in [6.45, 7) is 3.03. The van der Waals surface area contributed by atoms with E-state index >= 15 is 0 Å². The van der Waals surface area contributed by atoms with Crippen LogP contribution < -0.4 is 15.8 Å². The third-order valence-corrected chi connectivity index (χ3v) is 3.09. The van der Waals surface area contributed by atoms with Crippen molar-refractivity contribution >= 4 is 16.8 Å². The number of hydrogen-bond acceptors (Lipinski definition) is 3. The van der Waals surface area contributed by atoms with Crippen molar-refractivity contribution in [3.63, 3.8) is 0 Å². The van der Waals surface area contributed by atoms with Gasteiger partial charge >= 0.3 is 0 Å². The van der Waals surface area contributed by atoms with E-state index in [0.29, 0.717) is 24.4 Å². The summed E-state index contributed by atoms with van der Waals surface area (Å²) in [5.41, 5.74) is 7.81. The van der Waals surface area contributed by atoms with E-state index in [1.165, 1.54) is 0 Å². The molecule has 1 amide bonds. The Bertz CT molecular complexity index is 590. The number of nitrogens with one attached hydrogen (secondary N) is 2. The fourth-order valence-electron chi connectivity index (χ4n) is 2.19. The van der Waals surface area contributed by atoms with E-state index < -0.39 is 0 Å². The van der Waals surface area contributed by atoms with Gasteiger partial charge in [-0.2, -0.15) is 0 Å². The number of ether oxygens (including phenoxy) is 1. The summed E-state index contributed by atoms with van der Waals surface area (Å²) >= 11 is 0. The van der Waals surface area contributed by atoms with Crippen LogP contribution in [0.2, 0.25) is 0 Å². The van der Waals surface area contributed by atoms with Gasteiger partial charge in [-0.3, -0.25) is 4.79 Å². The van der Waals surface area contributed by atoms with Gasteiger partial charge in [0.15, 0.2) is 0 Å². The Morgan fingerprint density at radius 2 is 2.26 bits per heavy atom. The van der Waals surface area contributed by atoms with E-state index in [0.717, 1.165) is 23.0 Å². The van der Waals surface area contributed by atoms with Gasteiger partial charge in [-0.05, 0) is 32.0 Å². The molecule has 0 atom stereocenters. The van der Waals surface area contributed by atoms with Gasteiger partial charge in [-0.15, -0.1) is 0 Å². The first-order chi connectivity index (χ1) is 9.19. The molecule has 0 saturated heterocycles. The number of nitrogens with two attached hydrogens (primary N) is 1. The minimum atomic E-state index is -0.0956. The quantitative estimate of drug-likeness (QED) is 0.715. The molecule has 0 bridgehead atoms. The van der Waals surface area contributed by atoms with E-state index in [9.17, 15) is 4.79 Å². The zero-order chi connectivity index (χ0) is 13.8. The summed E-state index contributed by atoms with van der Waals surface area (Å²) in [4.78, 5) is 15.5. The highest BCUT2D eigenvalue weighted by atomic mass is 16.5. The Balaban J connectivity index is 2.41. The maximum Gasteiger partial charge on any atom is 0.253 e. The molecule has 0 saturated carbocycles. The zero-order valence-electron chi connectivity index (χ0n) is 11.2. The number of carbonyl (C=O) groups excluding carboxylic acids is 1. The van der Waals surface area contributed by atoms with Gasteiger partial charge in [0.1, 0.15) is 5.75 Å². The molecule has 5 nitrogen and oxygen atoms in total. The molecule has 0 aliphatic carbocycles. The first-order valence-corrected chi connectivity index (χ1v) is 6.32. The predicted molar refractivity (Wildman–Crippen MR) is 75.6 cm³/mol. The van der Waals surface area contributed by atoms with Gasteiger partial charge in [0.2, 0.25) is 0 Å². The van der Waals surface area contributed by atoms with E-state index in [2.05, 4.69) is 10.3 Å². The van der Waals surface area contributed by atoms with Crippen LogP contribution in [0.15, 0.2) is 18.2 Å². The minimum Gasteiger partial charge on any atom is -0.496 e. The van der Waals surface area contributed by atoms with Gasteiger partial charge in [0.05, 0.1) is 23.6 Å². The number of hydrogen-bond donors (Lipinski definition) is 3. The molecule has 0 unspecified atom stereocenters. The molecule has 0 aliphatic heterocycles. The van der Waals surface area contributed by atoms with Crippen molar-refractivity contribution < 1.29 is 9.53 Å². The summed E-state index contributed by atoms with van der Waals surface area (Å²) in [6, 6.07) is 5.68. The Morgan fingerprint density at radius 1 is 1.47 bits per heavy atom. The molecule has 0 radical (unpaired) electrons. The average molecular weight is 261 g/mol. The van der Waals surface area contributed by atoms with E-state index in [1.54, 1.807) is 7.11 Å². The summed E-state index contributed by atoms with van der Waals surface area (Å²) in [5, 5.41) is 3.70. The molecular formula is C14H19N3O2. The van der Waals surface area contributed by atoms with Crippen molar-refractivity contribution in [2.75, 3.05) is 20.2 Å². The van der Waals surface area contributed by atoms with Crippen LogP contribution in [0.25, 0.3) is 10.9 Å². The van der Waals surface area contributed by atoms with Crippen LogP contribution in [-0.4, -0.2) is 31.1 Å². The molecule has 5 heteroatoms. The number of aromatic nitrogens is 1. The van der Waals surface area contributed by atoms with Crippen LogP contribution in [0.3, 0.4) is 0 Å². The van der Waals surface area contributed by atoms with Crippen molar-refractivity contribution in [3.05, 3.63) is 29.5 Å². The third kappa shape index (κ3) is 2.56. The topological polar surface area (TPSA) is 80.1 Å². The second kappa shape index (κ2) is 5.75. The van der Waals surface area contributed by atoms with Gasteiger partial charge in [0, 0.05) is 12.2 Å². The maximum absolute atomic E-state index is 12.3. The Morgan fingerprint density at radius 3 is 2.95 bits per heavy atom. The van der Waals surface area contributed by atoms with Crippen LogP contribution in [0.1, 0.15) is 22.5 Å². The molecule has 1 heterocycles. The lowest BCUT2D eigenvalue weighted by atomic mass is 10.1. The average Bonchev–Trinajstić information content (AvgIpc) is 2.74. The highest BCUT2D eigenvalue weighted by molar-refractivity contribution is 6.10. The van der Waals surface area contributed by atoms with Gasteiger partial charge in [-0.25, -0.2) is 0 Å². The smallest absolute Gasteiger partial charge is 0.253 e.